The van der Waals surface area contributed by atoms with Gasteiger partial charge in [-0.05, 0) is 31.0 Å². The zero-order valence-electron chi connectivity index (χ0n) is 13.4. The van der Waals surface area contributed by atoms with E-state index >= 15 is 0 Å². The van der Waals surface area contributed by atoms with E-state index in [2.05, 4.69) is 15.4 Å². The molecule has 2 saturated heterocycles. The monoisotopic (exact) mass is 349 g/mol. The second-order valence-electron chi connectivity index (χ2n) is 5.84. The number of ether oxygens (including phenoxy) is 1. The maximum absolute atomic E-state index is 13.6. The fourth-order valence-corrected chi connectivity index (χ4v) is 3.16. The van der Waals surface area contributed by atoms with Crippen molar-refractivity contribution >= 4 is 29.4 Å². The van der Waals surface area contributed by atoms with Crippen LogP contribution in [-0.4, -0.2) is 54.3 Å². The largest absolute Gasteiger partial charge is 0.465 e. The number of benzene rings is 1. The summed E-state index contributed by atoms with van der Waals surface area (Å²) in [6.45, 7) is 0.317. The van der Waals surface area contributed by atoms with Crippen LogP contribution in [0.25, 0.3) is 0 Å². The number of carbonyl (C=O) groups excluding carboxylic acids is 4. The van der Waals surface area contributed by atoms with Crippen LogP contribution in [0.3, 0.4) is 0 Å². The van der Waals surface area contributed by atoms with Gasteiger partial charge in [0.1, 0.15) is 11.9 Å². The predicted octanol–water partition coefficient (Wildman–Crippen LogP) is 0.0402. The Kier molecular flexibility index (Phi) is 4.39. The van der Waals surface area contributed by atoms with Gasteiger partial charge in [-0.1, -0.05) is 0 Å². The average molecular weight is 349 g/mol. The molecule has 0 spiro atoms. The van der Waals surface area contributed by atoms with Crippen LogP contribution >= 0.6 is 0 Å². The molecule has 2 bridgehead atoms. The number of halogens is 1. The highest BCUT2D eigenvalue weighted by atomic mass is 19.1. The third-order valence-electron chi connectivity index (χ3n) is 4.38. The van der Waals surface area contributed by atoms with Gasteiger partial charge in [-0.15, -0.1) is 0 Å². The number of esters is 1. The van der Waals surface area contributed by atoms with Crippen molar-refractivity contribution in [2.75, 3.05) is 19.0 Å². The Balaban J connectivity index is 1.75. The molecule has 2 fully saturated rings. The summed E-state index contributed by atoms with van der Waals surface area (Å²) in [6, 6.07) is 2.45. The van der Waals surface area contributed by atoms with E-state index in [1.54, 1.807) is 0 Å². The van der Waals surface area contributed by atoms with Gasteiger partial charge in [0.2, 0.25) is 5.91 Å². The summed E-state index contributed by atoms with van der Waals surface area (Å²) in [5, 5.41) is 5.03. The Labute approximate surface area is 142 Å². The summed E-state index contributed by atoms with van der Waals surface area (Å²) in [5.41, 5.74) is -0.279. The molecular weight excluding hydrogens is 333 g/mol. The van der Waals surface area contributed by atoms with Gasteiger partial charge in [0.05, 0.1) is 18.7 Å². The van der Waals surface area contributed by atoms with Crippen LogP contribution in [-0.2, 0) is 19.1 Å². The minimum atomic E-state index is -0.950. The van der Waals surface area contributed by atoms with Crippen LogP contribution in [0.5, 0.6) is 0 Å². The highest BCUT2D eigenvalue weighted by molar-refractivity contribution is 6.40. The van der Waals surface area contributed by atoms with Crippen molar-refractivity contribution in [1.29, 1.82) is 0 Å². The summed E-state index contributed by atoms with van der Waals surface area (Å²) in [6.07, 6.45) is 1.16. The lowest BCUT2D eigenvalue weighted by molar-refractivity contribution is -0.149. The lowest BCUT2D eigenvalue weighted by Crippen LogP contribution is -2.59. The van der Waals surface area contributed by atoms with E-state index in [9.17, 15) is 23.6 Å². The summed E-state index contributed by atoms with van der Waals surface area (Å²) >= 11 is 0. The van der Waals surface area contributed by atoms with Gasteiger partial charge in [0.15, 0.2) is 0 Å². The fourth-order valence-electron chi connectivity index (χ4n) is 3.16. The lowest BCUT2D eigenvalue weighted by Gasteiger charge is -2.33. The maximum Gasteiger partial charge on any atom is 0.340 e. The van der Waals surface area contributed by atoms with Crippen LogP contribution < -0.4 is 10.6 Å². The molecule has 3 amide bonds. The Morgan fingerprint density at radius 1 is 1.32 bits per heavy atom. The van der Waals surface area contributed by atoms with E-state index in [0.29, 0.717) is 19.4 Å². The van der Waals surface area contributed by atoms with E-state index in [0.717, 1.165) is 19.2 Å². The Bertz CT molecular complexity index is 766. The van der Waals surface area contributed by atoms with E-state index < -0.39 is 29.6 Å². The number of methoxy groups -OCH3 is 1. The molecule has 2 aliphatic rings. The predicted molar refractivity (Wildman–Crippen MR) is 83.0 cm³/mol. The van der Waals surface area contributed by atoms with Crippen molar-refractivity contribution < 1.29 is 28.3 Å². The summed E-state index contributed by atoms with van der Waals surface area (Å²) in [5.74, 6) is -3.75. The highest BCUT2D eigenvalue weighted by Crippen LogP contribution is 2.27. The topological polar surface area (TPSA) is 105 Å². The molecular formula is C16H16FN3O5. The summed E-state index contributed by atoms with van der Waals surface area (Å²) in [4.78, 5) is 49.2. The standard InChI is InChI=1S/C16H16FN3O5/c1-25-16(24)10-6-8(2-4-11(10)17)19-14(22)15(23)20-9-3-5-12(20)13(21)18-7-9/h2,4,6,9,12H,3,5,7H2,1H3,(H,18,21)(H,19,22). The van der Waals surface area contributed by atoms with Crippen molar-refractivity contribution in [2.24, 2.45) is 0 Å². The minimum Gasteiger partial charge on any atom is -0.465 e. The van der Waals surface area contributed by atoms with Gasteiger partial charge in [-0.2, -0.15) is 0 Å². The van der Waals surface area contributed by atoms with E-state index in [1.807, 2.05) is 0 Å². The number of amides is 3. The number of piperazine rings is 1. The van der Waals surface area contributed by atoms with Crippen molar-refractivity contribution in [2.45, 2.75) is 24.9 Å². The smallest absolute Gasteiger partial charge is 0.340 e. The van der Waals surface area contributed by atoms with Crippen molar-refractivity contribution in [3.05, 3.63) is 29.6 Å². The second kappa shape index (κ2) is 6.50. The molecule has 0 radical (unpaired) electrons. The first-order chi connectivity index (χ1) is 11.9. The van der Waals surface area contributed by atoms with Gasteiger partial charge >= 0.3 is 17.8 Å². The molecule has 2 unspecified atom stereocenters. The van der Waals surface area contributed by atoms with Gasteiger partial charge in [0.25, 0.3) is 0 Å². The first kappa shape index (κ1) is 16.9. The van der Waals surface area contributed by atoms with Crippen LogP contribution in [0.4, 0.5) is 10.1 Å². The first-order valence-corrected chi connectivity index (χ1v) is 7.71. The number of nitrogens with one attached hydrogen (secondary N) is 2. The van der Waals surface area contributed by atoms with Gasteiger partial charge in [0, 0.05) is 12.2 Å². The number of nitrogens with zero attached hydrogens (tertiary/aromatic N) is 1. The maximum atomic E-state index is 13.6. The van der Waals surface area contributed by atoms with Gasteiger partial charge in [-0.3, -0.25) is 14.4 Å². The molecule has 8 nitrogen and oxygen atoms in total. The molecule has 1 aromatic carbocycles. The molecule has 2 N–H and O–H groups in total. The van der Waals surface area contributed by atoms with Crippen molar-refractivity contribution in [3.8, 4) is 0 Å². The molecule has 2 heterocycles. The third-order valence-corrected chi connectivity index (χ3v) is 4.38. The quantitative estimate of drug-likeness (QED) is 0.579. The Morgan fingerprint density at radius 3 is 2.80 bits per heavy atom. The molecule has 25 heavy (non-hydrogen) atoms. The molecule has 9 heteroatoms. The zero-order chi connectivity index (χ0) is 18.1. The molecule has 132 valence electrons. The summed E-state index contributed by atoms with van der Waals surface area (Å²) < 4.78 is 18.1. The fraction of sp³-hybridized carbons (Fsp3) is 0.375. The SMILES string of the molecule is COC(=O)c1cc(NC(=O)C(=O)N2C3CCC2C(=O)NC3)ccc1F. The van der Waals surface area contributed by atoms with Gasteiger partial charge in [-0.25, -0.2) is 9.18 Å². The van der Waals surface area contributed by atoms with Crippen LogP contribution in [0, 0.1) is 5.82 Å². The van der Waals surface area contributed by atoms with Crippen molar-refractivity contribution in [1.82, 2.24) is 10.2 Å². The van der Waals surface area contributed by atoms with Crippen LogP contribution in [0.15, 0.2) is 18.2 Å². The molecule has 0 aromatic heterocycles. The summed E-state index contributed by atoms with van der Waals surface area (Å²) in [7, 11) is 1.10. The zero-order valence-corrected chi connectivity index (χ0v) is 13.4. The van der Waals surface area contributed by atoms with E-state index in [-0.39, 0.29) is 23.2 Å². The number of fused-ring (bicyclic) bond motifs is 2. The molecule has 0 aliphatic carbocycles. The van der Waals surface area contributed by atoms with Gasteiger partial charge < -0.3 is 20.3 Å². The minimum absolute atomic E-state index is 0.0777. The molecule has 0 saturated carbocycles. The first-order valence-electron chi connectivity index (χ1n) is 7.71. The third kappa shape index (κ3) is 3.04. The Hall–Kier alpha value is -2.97. The number of anilines is 1. The number of hydrogen-bond acceptors (Lipinski definition) is 5. The van der Waals surface area contributed by atoms with Crippen LogP contribution in [0.2, 0.25) is 0 Å². The van der Waals surface area contributed by atoms with Crippen LogP contribution in [0.1, 0.15) is 23.2 Å². The number of hydrogen-bond donors (Lipinski definition) is 2. The number of rotatable bonds is 2. The molecule has 3 rings (SSSR count). The van der Waals surface area contributed by atoms with E-state index in [1.165, 1.54) is 11.0 Å². The molecule has 1 aromatic rings. The van der Waals surface area contributed by atoms with E-state index in [4.69, 9.17) is 0 Å². The average Bonchev–Trinajstić information content (AvgIpc) is 2.94. The normalized spacial score (nSPS) is 21.5. The second-order valence-corrected chi connectivity index (χ2v) is 5.84. The number of carbonyl (C=O) groups is 4. The molecule has 2 aliphatic heterocycles. The lowest BCUT2D eigenvalue weighted by atomic mass is 10.1. The van der Waals surface area contributed by atoms with Crippen molar-refractivity contribution in [3.63, 3.8) is 0 Å². The Morgan fingerprint density at radius 2 is 2.08 bits per heavy atom. The molecule has 2 atom stereocenters. The highest BCUT2D eigenvalue weighted by Gasteiger charge is 2.46.